The number of carbonyl (C=O) groups excluding carboxylic acids is 1. The number of hydrogen-bond acceptors (Lipinski definition) is 7. The number of methoxy groups -OCH3 is 1. The summed E-state index contributed by atoms with van der Waals surface area (Å²) in [5.41, 5.74) is 10.2. The third-order valence-electron chi connectivity index (χ3n) is 5.93. The van der Waals surface area contributed by atoms with E-state index in [0.717, 1.165) is 68.1 Å². The monoisotopic (exact) mass is 449 g/mol. The van der Waals surface area contributed by atoms with E-state index in [2.05, 4.69) is 20.5 Å². The Balaban J connectivity index is 1.63. The number of hydrogen-bond donors (Lipinski definition) is 3. The number of amides is 1. The van der Waals surface area contributed by atoms with E-state index < -0.39 is 5.91 Å². The molecule has 0 spiro atoms. The number of pyridine rings is 1. The molecule has 0 aliphatic carbocycles. The molecule has 0 unspecified atom stereocenters. The number of primary amides is 1. The predicted molar refractivity (Wildman–Crippen MR) is 132 cm³/mol. The average molecular weight is 450 g/mol. The molecule has 3 aromatic rings. The van der Waals surface area contributed by atoms with E-state index >= 15 is 0 Å². The smallest absolute Gasteiger partial charge is 0.252 e. The van der Waals surface area contributed by atoms with Crippen molar-refractivity contribution < 1.29 is 14.3 Å². The van der Waals surface area contributed by atoms with Gasteiger partial charge in [-0.3, -0.25) is 14.7 Å². The lowest BCUT2D eigenvalue weighted by atomic mass is 10.1. The van der Waals surface area contributed by atoms with Crippen molar-refractivity contribution >= 4 is 33.9 Å². The number of anilines is 3. The lowest BCUT2D eigenvalue weighted by molar-refractivity contribution is 0.0378. The number of nitrogens with two attached hydrogens (primary N) is 1. The highest BCUT2D eigenvalue weighted by Gasteiger charge is 2.17. The normalized spacial score (nSPS) is 14.2. The minimum absolute atomic E-state index is 0.342. The van der Waals surface area contributed by atoms with Crippen LogP contribution in [0.1, 0.15) is 22.3 Å². The molecule has 1 aromatic heterocycles. The fraction of sp³-hybridized carbons (Fsp3) is 0.360. The number of para-hydroxylation sites is 1. The summed E-state index contributed by atoms with van der Waals surface area (Å²) in [5, 5.41) is 7.70. The van der Waals surface area contributed by atoms with Crippen molar-refractivity contribution in [2.75, 3.05) is 57.1 Å². The molecule has 1 aliphatic rings. The molecule has 2 heterocycles. The third kappa shape index (κ3) is 5.35. The summed E-state index contributed by atoms with van der Waals surface area (Å²) < 4.78 is 11.0. The van der Waals surface area contributed by atoms with Crippen LogP contribution in [0.3, 0.4) is 0 Å². The molecule has 4 N–H and O–H groups in total. The zero-order valence-electron chi connectivity index (χ0n) is 19.2. The molecular formula is C25H31N5O3. The largest absolute Gasteiger partial charge is 0.495 e. The molecular weight excluding hydrogens is 418 g/mol. The first-order valence-electron chi connectivity index (χ1n) is 11.2. The first kappa shape index (κ1) is 22.8. The summed E-state index contributed by atoms with van der Waals surface area (Å²) in [6, 6.07) is 11.8. The summed E-state index contributed by atoms with van der Waals surface area (Å²) in [7, 11) is 1.64. The maximum Gasteiger partial charge on any atom is 0.252 e. The van der Waals surface area contributed by atoms with Gasteiger partial charge in [-0.15, -0.1) is 0 Å². The summed E-state index contributed by atoms with van der Waals surface area (Å²) in [5.74, 6) is 0.173. The molecule has 0 bridgehead atoms. The lowest BCUT2D eigenvalue weighted by Gasteiger charge is -2.26. The second kappa shape index (κ2) is 10.5. The van der Waals surface area contributed by atoms with Gasteiger partial charge in [-0.2, -0.15) is 0 Å². The van der Waals surface area contributed by atoms with Crippen molar-refractivity contribution in [3.05, 3.63) is 53.7 Å². The number of carbonyl (C=O) groups is 1. The minimum Gasteiger partial charge on any atom is -0.495 e. The van der Waals surface area contributed by atoms with Gasteiger partial charge in [0.1, 0.15) is 5.75 Å². The Morgan fingerprint density at radius 2 is 2.00 bits per heavy atom. The highest BCUT2D eigenvalue weighted by molar-refractivity contribution is 6.08. The number of aromatic nitrogens is 1. The molecule has 1 saturated heterocycles. The van der Waals surface area contributed by atoms with Crippen LogP contribution >= 0.6 is 0 Å². The van der Waals surface area contributed by atoms with Gasteiger partial charge in [-0.25, -0.2) is 0 Å². The Bertz CT molecular complexity index is 1130. The molecule has 4 rings (SSSR count). The Morgan fingerprint density at radius 3 is 2.73 bits per heavy atom. The summed E-state index contributed by atoms with van der Waals surface area (Å²) in [6.45, 7) is 7.39. The second-order valence-corrected chi connectivity index (χ2v) is 8.16. The van der Waals surface area contributed by atoms with E-state index in [1.165, 1.54) is 6.20 Å². The molecule has 8 nitrogen and oxygen atoms in total. The minimum atomic E-state index is -0.531. The topological polar surface area (TPSA) is 102 Å². The van der Waals surface area contributed by atoms with Crippen LogP contribution in [0.5, 0.6) is 5.75 Å². The molecule has 2 aromatic carbocycles. The maximum absolute atomic E-state index is 12.2. The molecule has 0 atom stereocenters. The standard InChI is InChI=1S/C25H31N5O3/c1-17-6-3-4-7-20(17)29-24-18-14-22(27-8-5-9-30-10-12-33-13-11-30)23(32-2)15-21(18)28-16-19(24)25(26)31/h3-4,6-7,14-16,27H,5,8-13H2,1-2H3,(H2,26,31)(H,28,29). The van der Waals surface area contributed by atoms with Gasteiger partial charge in [-0.05, 0) is 37.6 Å². The molecule has 0 saturated carbocycles. The zero-order chi connectivity index (χ0) is 23.2. The van der Waals surface area contributed by atoms with Crippen molar-refractivity contribution in [3.8, 4) is 5.75 Å². The van der Waals surface area contributed by atoms with Crippen LogP contribution in [0.4, 0.5) is 17.1 Å². The van der Waals surface area contributed by atoms with Crippen LogP contribution in [-0.4, -0.2) is 62.3 Å². The van der Waals surface area contributed by atoms with Crippen LogP contribution in [0.2, 0.25) is 0 Å². The number of ether oxygens (including phenoxy) is 2. The number of morpholine rings is 1. The predicted octanol–water partition coefficient (Wildman–Crippen LogP) is 3.53. The van der Waals surface area contributed by atoms with E-state index in [-0.39, 0.29) is 0 Å². The van der Waals surface area contributed by atoms with Gasteiger partial charge in [0, 0.05) is 43.0 Å². The zero-order valence-corrected chi connectivity index (χ0v) is 19.2. The molecule has 1 amide bonds. The van der Waals surface area contributed by atoms with Gasteiger partial charge in [0.2, 0.25) is 0 Å². The quantitative estimate of drug-likeness (QED) is 0.430. The van der Waals surface area contributed by atoms with Gasteiger partial charge < -0.3 is 25.8 Å². The summed E-state index contributed by atoms with van der Waals surface area (Å²) in [6.07, 6.45) is 2.51. The Labute approximate surface area is 194 Å². The number of fused-ring (bicyclic) bond motifs is 1. The summed E-state index contributed by atoms with van der Waals surface area (Å²) >= 11 is 0. The van der Waals surface area contributed by atoms with Crippen LogP contribution in [0, 0.1) is 6.92 Å². The number of nitrogens with zero attached hydrogens (tertiary/aromatic N) is 2. The van der Waals surface area contributed by atoms with Crippen molar-refractivity contribution in [3.63, 3.8) is 0 Å². The molecule has 1 fully saturated rings. The van der Waals surface area contributed by atoms with E-state index in [1.807, 2.05) is 43.3 Å². The van der Waals surface area contributed by atoms with Gasteiger partial charge in [0.25, 0.3) is 5.91 Å². The number of aryl methyl sites for hydroxylation is 1. The lowest BCUT2D eigenvalue weighted by Crippen LogP contribution is -2.37. The second-order valence-electron chi connectivity index (χ2n) is 8.16. The van der Waals surface area contributed by atoms with Crippen LogP contribution < -0.4 is 21.1 Å². The van der Waals surface area contributed by atoms with E-state index in [9.17, 15) is 4.79 Å². The number of benzene rings is 2. The fourth-order valence-corrected chi connectivity index (χ4v) is 4.05. The SMILES string of the molecule is COc1cc2ncc(C(N)=O)c(Nc3ccccc3C)c2cc1NCCCN1CCOCC1. The Morgan fingerprint density at radius 1 is 1.21 bits per heavy atom. The first-order valence-corrected chi connectivity index (χ1v) is 11.2. The van der Waals surface area contributed by atoms with Crippen molar-refractivity contribution in [2.45, 2.75) is 13.3 Å². The number of rotatable bonds is 9. The molecule has 8 heteroatoms. The van der Waals surface area contributed by atoms with Crippen LogP contribution in [-0.2, 0) is 4.74 Å². The highest BCUT2D eigenvalue weighted by atomic mass is 16.5. The fourth-order valence-electron chi connectivity index (χ4n) is 4.05. The number of nitrogens with one attached hydrogen (secondary N) is 2. The molecule has 174 valence electrons. The van der Waals surface area contributed by atoms with Gasteiger partial charge in [0.15, 0.2) is 0 Å². The van der Waals surface area contributed by atoms with Crippen molar-refractivity contribution in [1.82, 2.24) is 9.88 Å². The van der Waals surface area contributed by atoms with Crippen molar-refractivity contribution in [2.24, 2.45) is 5.73 Å². The van der Waals surface area contributed by atoms with Crippen molar-refractivity contribution in [1.29, 1.82) is 0 Å². The average Bonchev–Trinajstić information content (AvgIpc) is 2.83. The Kier molecular flexibility index (Phi) is 7.26. The Hall–Kier alpha value is -3.36. The van der Waals surface area contributed by atoms with E-state index in [1.54, 1.807) is 7.11 Å². The van der Waals surface area contributed by atoms with Crippen LogP contribution in [0.25, 0.3) is 10.9 Å². The highest BCUT2D eigenvalue weighted by Crippen LogP contribution is 2.36. The van der Waals surface area contributed by atoms with Crippen LogP contribution in [0.15, 0.2) is 42.6 Å². The molecule has 33 heavy (non-hydrogen) atoms. The molecule has 0 radical (unpaired) electrons. The first-order chi connectivity index (χ1) is 16.1. The maximum atomic E-state index is 12.2. The van der Waals surface area contributed by atoms with E-state index in [0.29, 0.717) is 22.5 Å². The van der Waals surface area contributed by atoms with Gasteiger partial charge in [-0.1, -0.05) is 18.2 Å². The molecule has 1 aliphatic heterocycles. The summed E-state index contributed by atoms with van der Waals surface area (Å²) in [4.78, 5) is 19.1. The third-order valence-corrected chi connectivity index (χ3v) is 5.93. The van der Waals surface area contributed by atoms with E-state index in [4.69, 9.17) is 15.2 Å². The van der Waals surface area contributed by atoms with Gasteiger partial charge >= 0.3 is 0 Å². The van der Waals surface area contributed by atoms with Gasteiger partial charge in [0.05, 0.1) is 42.8 Å².